The molecule has 0 spiro atoms. The van der Waals surface area contributed by atoms with E-state index in [-0.39, 0.29) is 29.9 Å². The summed E-state index contributed by atoms with van der Waals surface area (Å²) >= 11 is 1.92. The van der Waals surface area contributed by atoms with E-state index in [1.165, 1.54) is 0 Å². The molecule has 0 unspecified atom stereocenters. The molecule has 13 heteroatoms. The summed E-state index contributed by atoms with van der Waals surface area (Å²) in [6, 6.07) is 19.5. The summed E-state index contributed by atoms with van der Waals surface area (Å²) in [7, 11) is 0. The van der Waals surface area contributed by atoms with Crippen LogP contribution in [0.3, 0.4) is 0 Å². The molecule has 0 aliphatic carbocycles. The number of benzene rings is 2. The predicted molar refractivity (Wildman–Crippen MR) is 200 cm³/mol. The molecule has 3 saturated heterocycles. The number of rotatable bonds is 12. The minimum atomic E-state index is -0.188. The third-order valence-electron chi connectivity index (χ3n) is 9.77. The van der Waals surface area contributed by atoms with Crippen LogP contribution in [-0.4, -0.2) is 91.9 Å². The summed E-state index contributed by atoms with van der Waals surface area (Å²) < 4.78 is 0. The average Bonchev–Trinajstić information content (AvgIpc) is 3.71. The van der Waals surface area contributed by atoms with Crippen LogP contribution in [0, 0.1) is 6.92 Å². The van der Waals surface area contributed by atoms with Crippen LogP contribution < -0.4 is 21.3 Å². The molecule has 3 atom stereocenters. The van der Waals surface area contributed by atoms with Crippen molar-refractivity contribution < 1.29 is 14.4 Å². The van der Waals surface area contributed by atoms with Gasteiger partial charge in [-0.2, -0.15) is 11.8 Å². The molecular weight excluding hydrogens is 663 g/mol. The van der Waals surface area contributed by atoms with Crippen molar-refractivity contribution in [1.82, 2.24) is 35.4 Å². The number of carbonyl (C=O) groups excluding carboxylic acids is 3. The van der Waals surface area contributed by atoms with Crippen molar-refractivity contribution in [3.05, 3.63) is 95.9 Å². The Morgan fingerprint density at radius 2 is 1.82 bits per heavy atom. The summed E-state index contributed by atoms with van der Waals surface area (Å²) in [6.45, 7) is 5.87. The van der Waals surface area contributed by atoms with Crippen molar-refractivity contribution in [2.75, 3.05) is 42.6 Å². The molecule has 2 aromatic carbocycles. The van der Waals surface area contributed by atoms with E-state index in [9.17, 15) is 14.4 Å². The Labute approximate surface area is 302 Å². The molecule has 3 fully saturated rings. The summed E-state index contributed by atoms with van der Waals surface area (Å²) in [4.78, 5) is 55.2. The van der Waals surface area contributed by atoms with Crippen LogP contribution >= 0.6 is 11.8 Å². The Balaban J connectivity index is 0.843. The molecule has 264 valence electrons. The molecule has 3 aliphatic heterocycles. The quantitative estimate of drug-likeness (QED) is 0.115. The van der Waals surface area contributed by atoms with E-state index in [0.29, 0.717) is 28.9 Å². The molecule has 3 aliphatic rings. The summed E-state index contributed by atoms with van der Waals surface area (Å²) in [5.74, 6) is 1.46. The van der Waals surface area contributed by atoms with E-state index in [1.54, 1.807) is 18.6 Å². The third kappa shape index (κ3) is 8.66. The van der Waals surface area contributed by atoms with Crippen LogP contribution in [0.4, 0.5) is 22.1 Å². The summed E-state index contributed by atoms with van der Waals surface area (Å²) in [5.41, 5.74) is 5.82. The Hall–Kier alpha value is -5.01. The number of amides is 4. The standard InChI is InChI=1S/C38H43N9O3S/c1-25-8-13-29(21-31(25)43-37-40-16-14-30(42-37)28-5-4-15-39-22-28)41-36(49)27-11-9-26(10-12-27)23-46-17-19-47(20-18-46)34(48)7-3-2-6-33-35-32(24-51-33)44-38(50)45-35/h4-5,8-16,21-22,32-33,35H,2-3,6-7,17-20,23-24H2,1H3,(H,41,49)(H,40,42,43)(H2,44,45,50)/t32-,33-,35-/m0/s1. The molecule has 7 rings (SSSR count). The van der Waals surface area contributed by atoms with Crippen LogP contribution in [0.2, 0.25) is 0 Å². The van der Waals surface area contributed by atoms with Crippen molar-refractivity contribution in [2.45, 2.75) is 56.5 Å². The molecule has 4 N–H and O–H groups in total. The van der Waals surface area contributed by atoms with Gasteiger partial charge >= 0.3 is 6.03 Å². The zero-order chi connectivity index (χ0) is 35.2. The Kier molecular flexibility index (Phi) is 10.7. The van der Waals surface area contributed by atoms with Gasteiger partial charge in [-0.1, -0.05) is 24.6 Å². The van der Waals surface area contributed by atoms with E-state index >= 15 is 0 Å². The topological polar surface area (TPSA) is 144 Å². The van der Waals surface area contributed by atoms with Crippen molar-refractivity contribution >= 4 is 46.9 Å². The van der Waals surface area contributed by atoms with E-state index in [1.807, 2.05) is 84.2 Å². The largest absolute Gasteiger partial charge is 0.340 e. The number of anilines is 3. The first kappa shape index (κ1) is 34.4. The molecular formula is C38H43N9O3S. The highest BCUT2D eigenvalue weighted by Crippen LogP contribution is 2.33. The number of unbranched alkanes of at least 4 members (excludes halogenated alkanes) is 1. The maximum Gasteiger partial charge on any atom is 0.315 e. The molecule has 51 heavy (non-hydrogen) atoms. The monoisotopic (exact) mass is 705 g/mol. The number of carbonyl (C=O) groups is 3. The molecule has 0 bridgehead atoms. The molecule has 0 saturated carbocycles. The smallest absolute Gasteiger partial charge is 0.315 e. The lowest BCUT2D eigenvalue weighted by atomic mass is 10.0. The molecule has 2 aromatic heterocycles. The Bertz CT molecular complexity index is 1850. The van der Waals surface area contributed by atoms with E-state index in [2.05, 4.69) is 41.1 Å². The van der Waals surface area contributed by atoms with Crippen molar-refractivity contribution in [3.8, 4) is 11.3 Å². The number of nitrogens with one attached hydrogen (secondary N) is 4. The van der Waals surface area contributed by atoms with Gasteiger partial charge in [0.1, 0.15) is 0 Å². The van der Waals surface area contributed by atoms with Gasteiger partial charge in [-0.3, -0.25) is 19.5 Å². The highest BCUT2D eigenvalue weighted by molar-refractivity contribution is 8.00. The fourth-order valence-electron chi connectivity index (χ4n) is 6.85. The van der Waals surface area contributed by atoms with Gasteiger partial charge in [0.25, 0.3) is 5.91 Å². The summed E-state index contributed by atoms with van der Waals surface area (Å²) in [6.07, 6.45) is 8.68. The number of piperazine rings is 1. The Morgan fingerprint density at radius 1 is 0.980 bits per heavy atom. The molecule has 5 heterocycles. The number of fused-ring (bicyclic) bond motifs is 1. The number of aryl methyl sites for hydroxylation is 1. The lowest BCUT2D eigenvalue weighted by molar-refractivity contribution is -0.133. The highest BCUT2D eigenvalue weighted by Gasteiger charge is 2.42. The second kappa shape index (κ2) is 15.9. The van der Waals surface area contributed by atoms with E-state index < -0.39 is 0 Å². The Morgan fingerprint density at radius 3 is 2.63 bits per heavy atom. The fourth-order valence-corrected chi connectivity index (χ4v) is 8.39. The van der Waals surface area contributed by atoms with Crippen molar-refractivity contribution in [2.24, 2.45) is 0 Å². The van der Waals surface area contributed by atoms with Crippen LogP contribution in [0.25, 0.3) is 11.3 Å². The van der Waals surface area contributed by atoms with Crippen LogP contribution in [0.1, 0.15) is 47.2 Å². The minimum Gasteiger partial charge on any atom is -0.340 e. The zero-order valence-electron chi connectivity index (χ0n) is 28.7. The first-order valence-electron chi connectivity index (χ1n) is 17.6. The first-order valence-corrected chi connectivity index (χ1v) is 18.6. The normalized spacial score (nSPS) is 20.0. The lowest BCUT2D eigenvalue weighted by Crippen LogP contribution is -2.48. The van der Waals surface area contributed by atoms with Gasteiger partial charge in [0, 0.05) is 91.2 Å². The number of pyridine rings is 1. The maximum absolute atomic E-state index is 13.2. The molecule has 0 radical (unpaired) electrons. The van der Waals surface area contributed by atoms with Crippen molar-refractivity contribution in [1.29, 1.82) is 0 Å². The van der Waals surface area contributed by atoms with Gasteiger partial charge in [-0.15, -0.1) is 0 Å². The predicted octanol–water partition coefficient (Wildman–Crippen LogP) is 5.21. The van der Waals surface area contributed by atoms with Gasteiger partial charge in [0.15, 0.2) is 0 Å². The van der Waals surface area contributed by atoms with Crippen molar-refractivity contribution in [3.63, 3.8) is 0 Å². The SMILES string of the molecule is Cc1ccc(NC(=O)c2ccc(CN3CCN(C(=O)CCCC[C@@H]4SC[C@@H]5NC(=O)N[C@@H]54)CC3)cc2)cc1Nc1nccc(-c2cccnc2)n1. The number of hydrogen-bond acceptors (Lipinski definition) is 9. The number of nitrogens with zero attached hydrogens (tertiary/aromatic N) is 5. The lowest BCUT2D eigenvalue weighted by Gasteiger charge is -2.35. The van der Waals surface area contributed by atoms with E-state index in [4.69, 9.17) is 0 Å². The fraction of sp³-hybridized carbons (Fsp3) is 0.368. The third-order valence-corrected chi connectivity index (χ3v) is 11.3. The number of thioether (sulfide) groups is 1. The highest BCUT2D eigenvalue weighted by atomic mass is 32.2. The zero-order valence-corrected chi connectivity index (χ0v) is 29.5. The molecule has 12 nitrogen and oxygen atoms in total. The van der Waals surface area contributed by atoms with Gasteiger partial charge in [0.05, 0.1) is 17.8 Å². The molecule has 4 amide bonds. The summed E-state index contributed by atoms with van der Waals surface area (Å²) in [5, 5.41) is 12.8. The average molecular weight is 706 g/mol. The van der Waals surface area contributed by atoms with Gasteiger partial charge in [0.2, 0.25) is 11.9 Å². The number of urea groups is 1. The van der Waals surface area contributed by atoms with Gasteiger partial charge in [-0.05, 0) is 73.4 Å². The number of hydrogen-bond donors (Lipinski definition) is 4. The molecule has 4 aromatic rings. The second-order valence-electron chi connectivity index (χ2n) is 13.3. The second-order valence-corrected chi connectivity index (χ2v) is 14.6. The van der Waals surface area contributed by atoms with Crippen LogP contribution in [-0.2, 0) is 11.3 Å². The number of aromatic nitrogens is 3. The first-order chi connectivity index (χ1) is 24.9. The van der Waals surface area contributed by atoms with Gasteiger partial charge < -0.3 is 26.2 Å². The van der Waals surface area contributed by atoms with Crippen LogP contribution in [0.5, 0.6) is 0 Å². The van der Waals surface area contributed by atoms with E-state index in [0.717, 1.165) is 85.8 Å². The van der Waals surface area contributed by atoms with Gasteiger partial charge in [-0.25, -0.2) is 14.8 Å². The van der Waals surface area contributed by atoms with Crippen LogP contribution in [0.15, 0.2) is 79.3 Å². The minimum absolute atomic E-state index is 0.0522. The maximum atomic E-state index is 13.2.